The van der Waals surface area contributed by atoms with Gasteiger partial charge >= 0.3 is 5.97 Å². The number of hydrogen-bond donors (Lipinski definition) is 6. The van der Waals surface area contributed by atoms with E-state index in [1.807, 2.05) is 109 Å². The molecule has 0 spiro atoms. The third-order valence-corrected chi connectivity index (χ3v) is 25.6. The van der Waals surface area contributed by atoms with Gasteiger partial charge in [-0.25, -0.2) is 39.7 Å². The van der Waals surface area contributed by atoms with Crippen LogP contribution in [0.4, 0.5) is 11.4 Å². The number of nitrogens with two attached hydrogens (primary N) is 2. The van der Waals surface area contributed by atoms with E-state index >= 15 is 0 Å². The number of fused-ring (bicyclic) bond motifs is 2. The van der Waals surface area contributed by atoms with Crippen LogP contribution in [-0.2, 0) is 39.7 Å². The van der Waals surface area contributed by atoms with Crippen LogP contribution in [0.25, 0.3) is 29.9 Å². The lowest BCUT2D eigenvalue weighted by Crippen LogP contribution is -2.55. The highest BCUT2D eigenvalue weighted by molar-refractivity contribution is 7.89. The van der Waals surface area contributed by atoms with E-state index in [0.29, 0.717) is 99.6 Å². The Morgan fingerprint density at radius 2 is 0.970 bits per heavy atom. The minimum Gasteiger partial charge on any atom is -0.477 e. The van der Waals surface area contributed by atoms with E-state index < -0.39 is 59.2 Å². The summed E-state index contributed by atoms with van der Waals surface area (Å²) < 4.78 is 84.5. The summed E-state index contributed by atoms with van der Waals surface area (Å²) in [6, 6.07) is 38.4. The van der Waals surface area contributed by atoms with Crippen molar-refractivity contribution < 1.29 is 49.5 Å². The number of sulfonamides is 3. The third-order valence-electron chi connectivity index (χ3n) is 17.5. The van der Waals surface area contributed by atoms with Crippen LogP contribution in [0.5, 0.6) is 0 Å². The highest BCUT2D eigenvalue weighted by Crippen LogP contribution is 2.34. The van der Waals surface area contributed by atoms with E-state index in [-0.39, 0.29) is 73.9 Å². The summed E-state index contributed by atoms with van der Waals surface area (Å²) in [6.07, 6.45) is 6.60. The molecule has 5 atom stereocenters. The van der Waals surface area contributed by atoms with Crippen LogP contribution in [0.1, 0.15) is 144 Å². The summed E-state index contributed by atoms with van der Waals surface area (Å²) in [5.74, 6) is -1.09. The molecule has 2 aromatic heterocycles. The first-order valence-electron chi connectivity index (χ1n) is 32.9. The van der Waals surface area contributed by atoms with Gasteiger partial charge in [-0.1, -0.05) is 125 Å². The zero-order valence-electron chi connectivity index (χ0n) is 56.9. The first-order valence-corrected chi connectivity index (χ1v) is 38.8. The van der Waals surface area contributed by atoms with Gasteiger partial charge < -0.3 is 32.5 Å². The Kier molecular flexibility index (Phi) is 27.2. The number of nitrogens with zero attached hydrogens (tertiary/aromatic N) is 6. The zero-order chi connectivity index (χ0) is 72.5. The predicted octanol–water partition coefficient (Wildman–Crippen LogP) is 12.1. The molecule has 3 unspecified atom stereocenters. The molecule has 99 heavy (non-hydrogen) atoms. The number of carbonyl (C=O) groups excluding carboxylic acids is 3. The van der Waals surface area contributed by atoms with Crippen molar-refractivity contribution in [2.24, 2.45) is 23.3 Å². The maximum absolute atomic E-state index is 13.5. The molecule has 0 saturated carbocycles. The number of carboxylic acid groups (broad SMARTS) is 1. The lowest BCUT2D eigenvalue weighted by Gasteiger charge is -2.32. The van der Waals surface area contributed by atoms with Gasteiger partial charge in [-0.15, -0.1) is 22.7 Å². The number of para-hydroxylation sites is 2. The Hall–Kier alpha value is -7.98. The quantitative estimate of drug-likeness (QED) is 0.0462. The molecular formula is C72H89N11O11S5. The molecule has 3 aliphatic rings. The van der Waals surface area contributed by atoms with Crippen LogP contribution in [0, 0.1) is 36.3 Å². The molecule has 22 nitrogen and oxygen atoms in total. The molecule has 3 fully saturated rings. The average Bonchev–Trinajstić information content (AvgIpc) is 1.66. The summed E-state index contributed by atoms with van der Waals surface area (Å²) in [5.41, 5.74) is 11.0. The minimum absolute atomic E-state index is 0.00795. The smallest absolute Gasteiger partial charge is 0.345 e. The van der Waals surface area contributed by atoms with Crippen LogP contribution in [0.3, 0.4) is 0 Å². The molecule has 0 radical (unpaired) electrons. The first-order chi connectivity index (χ1) is 46.7. The maximum Gasteiger partial charge on any atom is 0.345 e. The lowest BCUT2D eigenvalue weighted by atomic mass is 9.92. The Bertz CT molecular complexity index is 4430. The van der Waals surface area contributed by atoms with Crippen molar-refractivity contribution in [2.75, 3.05) is 39.3 Å². The summed E-state index contributed by atoms with van der Waals surface area (Å²) in [7, 11) is -11.2. The highest BCUT2D eigenvalue weighted by Gasteiger charge is 2.39. The van der Waals surface area contributed by atoms with Crippen molar-refractivity contribution in [1.29, 1.82) is 5.26 Å². The van der Waals surface area contributed by atoms with E-state index in [0.717, 1.165) is 33.0 Å². The monoisotopic (exact) mass is 1440 g/mol. The summed E-state index contributed by atoms with van der Waals surface area (Å²) in [4.78, 5) is 57.4. The molecule has 528 valence electrons. The second-order valence-corrected chi connectivity index (χ2v) is 34.7. The van der Waals surface area contributed by atoms with E-state index in [4.69, 9.17) is 35.0 Å². The van der Waals surface area contributed by atoms with Gasteiger partial charge in [0.2, 0.25) is 53.3 Å². The Morgan fingerprint density at radius 3 is 1.43 bits per heavy atom. The standard InChI is InChI=1S/C29H34N4O4S2.C20H30N4O3S.C14H19N3O2S.C9H6O2S/c1-20(2)18-23(31-28(35)25-19-21-10-5-7-12-24(21)38-25)27(34)32-29(3)14-9-16-33(17-15-29)39(36,37)26-13-8-6-11-22(26)30-4;1-15(2)14-16(21)19(25)23-20(3)10-7-12-24(13-11-20)28(26,27)18-9-6-5-8-17(18)22-4;1-14(16)7-4-9-17(10-8-14)20(18,19)13-6-3-2-5-12(13)11-15;10-9(11)8-5-6-3-1-2-4-7(6)12-8/h5-8,10-13,19-20,23H,9,14-18H2,1-3H3,(H,31,35)(H,32,34);5-6,8-9,15-16H,7,10-14,21H2,1-3H3,(H,23,25);2-3,5-6H,4,7-10,16H2,1H3;1-5H,(H,10,11)/t23-,29?;16-,20?;;/m00../s1. The van der Waals surface area contributed by atoms with Crippen molar-refractivity contribution in [3.05, 3.63) is 172 Å². The largest absolute Gasteiger partial charge is 0.477 e. The molecular weight excluding hydrogens is 1360 g/mol. The van der Waals surface area contributed by atoms with Gasteiger partial charge in [0.15, 0.2) is 0 Å². The van der Waals surface area contributed by atoms with Crippen LogP contribution in [0.15, 0.2) is 148 Å². The number of nitriles is 1. The van der Waals surface area contributed by atoms with Crippen LogP contribution >= 0.6 is 22.7 Å². The van der Waals surface area contributed by atoms with Gasteiger partial charge in [0.05, 0.1) is 44.3 Å². The second kappa shape index (κ2) is 34.4. The highest BCUT2D eigenvalue weighted by atomic mass is 32.2. The fourth-order valence-corrected chi connectivity index (χ4v) is 18.7. The summed E-state index contributed by atoms with van der Waals surface area (Å²) >= 11 is 2.70. The molecule has 5 heterocycles. The number of carboxylic acids is 1. The van der Waals surface area contributed by atoms with E-state index in [9.17, 15) is 44.4 Å². The number of benzene rings is 5. The molecule has 3 amide bonds. The summed E-state index contributed by atoms with van der Waals surface area (Å²) in [5, 5.41) is 28.9. The van der Waals surface area contributed by atoms with Gasteiger partial charge in [0.1, 0.15) is 17.0 Å². The number of aromatic carboxylic acids is 1. The van der Waals surface area contributed by atoms with E-state index in [2.05, 4.69) is 25.6 Å². The fraction of sp³-hybridized carbons (Fsp3) is 0.431. The lowest BCUT2D eigenvalue weighted by molar-refractivity contribution is -0.125. The first kappa shape index (κ1) is 78.4. The number of nitrogens with one attached hydrogen (secondary N) is 3. The predicted molar refractivity (Wildman–Crippen MR) is 389 cm³/mol. The van der Waals surface area contributed by atoms with E-state index in [1.165, 1.54) is 72.0 Å². The molecule has 27 heteroatoms. The molecule has 0 bridgehead atoms. The van der Waals surface area contributed by atoms with Crippen molar-refractivity contribution in [2.45, 2.75) is 162 Å². The SMILES string of the molecule is CC1(N)CCCN(S(=O)(=O)c2ccccc2C#N)CC1.O=C(O)c1cc2ccccc2s1.[C-]#[N+]c1ccccc1S(=O)(=O)N1CCCC(C)(NC(=O)[C@@H](N)CC(C)C)CC1.[C-]#[N+]c1ccccc1S(=O)(=O)N1CCCC(C)(NC(=O)[C@H](CC(C)C)NC(=O)c2cc3ccccc3s2)CC1. The van der Waals surface area contributed by atoms with Gasteiger partial charge in [0, 0.05) is 65.3 Å². The number of amides is 3. The number of hydrogen-bond acceptors (Lipinski definition) is 15. The van der Waals surface area contributed by atoms with Crippen LogP contribution < -0.4 is 27.4 Å². The van der Waals surface area contributed by atoms with Crippen LogP contribution in [-0.4, -0.2) is 135 Å². The molecule has 8 N–H and O–H groups in total. The maximum atomic E-state index is 13.5. The normalized spacial score (nSPS) is 20.2. The molecule has 0 aliphatic carbocycles. The molecule has 7 aromatic rings. The van der Waals surface area contributed by atoms with Crippen molar-refractivity contribution in [3.63, 3.8) is 0 Å². The molecule has 3 aliphatic heterocycles. The van der Waals surface area contributed by atoms with Gasteiger partial charge in [-0.3, -0.25) is 14.4 Å². The number of rotatable bonds is 17. The van der Waals surface area contributed by atoms with Crippen molar-refractivity contribution >= 4 is 108 Å². The Balaban J connectivity index is 0.000000200. The minimum atomic E-state index is -3.85. The van der Waals surface area contributed by atoms with Gasteiger partial charge in [-0.2, -0.15) is 18.2 Å². The van der Waals surface area contributed by atoms with Gasteiger partial charge in [-0.05, 0) is 150 Å². The van der Waals surface area contributed by atoms with Crippen LogP contribution in [0.2, 0.25) is 0 Å². The third kappa shape index (κ3) is 21.1. The van der Waals surface area contributed by atoms with Gasteiger partial charge in [0.25, 0.3) is 5.91 Å². The molecule has 10 rings (SSSR count). The average molecular weight is 1440 g/mol. The van der Waals surface area contributed by atoms with Crippen molar-refractivity contribution in [3.8, 4) is 6.07 Å². The zero-order valence-corrected chi connectivity index (χ0v) is 61.0. The van der Waals surface area contributed by atoms with Crippen molar-refractivity contribution in [1.82, 2.24) is 28.9 Å². The molecule has 5 aromatic carbocycles. The molecule has 3 saturated heterocycles. The summed E-state index contributed by atoms with van der Waals surface area (Å²) in [6.45, 7) is 30.5. The second-order valence-electron chi connectivity index (χ2n) is 26.8. The number of carbonyl (C=O) groups is 4. The number of thiophene rings is 2. The fourth-order valence-electron chi connectivity index (χ4n) is 12.0. The van der Waals surface area contributed by atoms with E-state index in [1.54, 1.807) is 42.5 Å². The topological polar surface area (TPSA) is 321 Å². The Morgan fingerprint density at radius 1 is 0.566 bits per heavy atom. The Labute approximate surface area is 590 Å².